The highest BCUT2D eigenvalue weighted by molar-refractivity contribution is 6.67. The zero-order chi connectivity index (χ0) is 18.7. The number of hydrogen-bond acceptors (Lipinski definition) is 2. The standard InChI is InChI=1S/C21H20Cl2N2O/c1-14-5-7-16(8-6-14)4-3-11-25-20(13-19(24-25)21(23)26)17-9-10-18(22)15(2)12-17/h5-10,12-13H,3-4,11H2,1-2H3. The average molecular weight is 387 g/mol. The molecule has 0 saturated heterocycles. The van der Waals surface area contributed by atoms with Crippen LogP contribution in [0.2, 0.25) is 5.02 Å². The van der Waals surface area contributed by atoms with E-state index < -0.39 is 5.24 Å². The van der Waals surface area contributed by atoms with Crippen LogP contribution in [0.4, 0.5) is 0 Å². The third-order valence-corrected chi connectivity index (χ3v) is 5.01. The van der Waals surface area contributed by atoms with Crippen molar-refractivity contribution in [2.24, 2.45) is 0 Å². The summed E-state index contributed by atoms with van der Waals surface area (Å²) in [7, 11) is 0. The van der Waals surface area contributed by atoms with Crippen LogP contribution in [0.3, 0.4) is 0 Å². The van der Waals surface area contributed by atoms with E-state index in [4.69, 9.17) is 23.2 Å². The van der Waals surface area contributed by atoms with Gasteiger partial charge in [0.05, 0.1) is 5.69 Å². The van der Waals surface area contributed by atoms with Gasteiger partial charge in [0.25, 0.3) is 5.24 Å². The van der Waals surface area contributed by atoms with Crippen LogP contribution in [-0.4, -0.2) is 15.0 Å². The van der Waals surface area contributed by atoms with E-state index in [-0.39, 0.29) is 5.69 Å². The predicted octanol–water partition coefficient (Wildman–Crippen LogP) is 5.83. The van der Waals surface area contributed by atoms with Gasteiger partial charge in [0, 0.05) is 17.1 Å². The summed E-state index contributed by atoms with van der Waals surface area (Å²) in [5, 5.41) is 4.55. The molecular weight excluding hydrogens is 367 g/mol. The monoisotopic (exact) mass is 386 g/mol. The number of rotatable bonds is 6. The lowest BCUT2D eigenvalue weighted by Crippen LogP contribution is -2.05. The largest absolute Gasteiger partial charge is 0.274 e. The SMILES string of the molecule is Cc1ccc(CCCn2nc(C(=O)Cl)cc2-c2ccc(Cl)c(C)c2)cc1. The van der Waals surface area contributed by atoms with Gasteiger partial charge in [0.1, 0.15) is 5.69 Å². The average Bonchev–Trinajstić information content (AvgIpc) is 3.04. The molecule has 26 heavy (non-hydrogen) atoms. The summed E-state index contributed by atoms with van der Waals surface area (Å²) in [6.45, 7) is 4.74. The topological polar surface area (TPSA) is 34.9 Å². The molecule has 0 aliphatic rings. The van der Waals surface area contributed by atoms with Crippen molar-refractivity contribution in [3.8, 4) is 11.3 Å². The Kier molecular flexibility index (Phi) is 5.80. The Morgan fingerprint density at radius 2 is 1.81 bits per heavy atom. The zero-order valence-electron chi connectivity index (χ0n) is 14.8. The maximum atomic E-state index is 11.6. The van der Waals surface area contributed by atoms with E-state index in [1.54, 1.807) is 6.07 Å². The Bertz CT molecular complexity index is 930. The minimum atomic E-state index is -0.547. The highest BCUT2D eigenvalue weighted by atomic mass is 35.5. The van der Waals surface area contributed by atoms with Crippen LogP contribution in [0.15, 0.2) is 48.5 Å². The highest BCUT2D eigenvalue weighted by Crippen LogP contribution is 2.26. The number of aromatic nitrogens is 2. The van der Waals surface area contributed by atoms with E-state index >= 15 is 0 Å². The van der Waals surface area contributed by atoms with Gasteiger partial charge in [-0.15, -0.1) is 0 Å². The first kappa shape index (κ1) is 18.7. The van der Waals surface area contributed by atoms with Gasteiger partial charge in [-0.25, -0.2) is 0 Å². The van der Waals surface area contributed by atoms with Crippen molar-refractivity contribution in [1.29, 1.82) is 0 Å². The van der Waals surface area contributed by atoms with Crippen LogP contribution in [-0.2, 0) is 13.0 Å². The number of carbonyl (C=O) groups is 1. The van der Waals surface area contributed by atoms with Crippen molar-refractivity contribution in [2.75, 3.05) is 0 Å². The first-order valence-electron chi connectivity index (χ1n) is 8.54. The second-order valence-corrected chi connectivity index (χ2v) is 7.22. The summed E-state index contributed by atoms with van der Waals surface area (Å²) in [5.41, 5.74) is 5.64. The quantitative estimate of drug-likeness (QED) is 0.499. The van der Waals surface area contributed by atoms with E-state index in [0.29, 0.717) is 11.6 Å². The van der Waals surface area contributed by atoms with Crippen LogP contribution >= 0.6 is 23.2 Å². The Balaban J connectivity index is 1.82. The summed E-state index contributed by atoms with van der Waals surface area (Å²) in [4.78, 5) is 11.6. The highest BCUT2D eigenvalue weighted by Gasteiger charge is 2.14. The first-order valence-corrected chi connectivity index (χ1v) is 9.29. The molecule has 2 aromatic carbocycles. The molecular formula is C21H20Cl2N2O. The molecule has 0 unspecified atom stereocenters. The fourth-order valence-electron chi connectivity index (χ4n) is 2.91. The van der Waals surface area contributed by atoms with Crippen molar-refractivity contribution in [3.63, 3.8) is 0 Å². The summed E-state index contributed by atoms with van der Waals surface area (Å²) in [6.07, 6.45) is 1.86. The molecule has 1 aromatic heterocycles. The number of halogens is 2. The molecule has 0 atom stereocenters. The molecule has 5 heteroatoms. The Morgan fingerprint density at radius 3 is 2.46 bits per heavy atom. The molecule has 0 amide bonds. The number of hydrogen-bond donors (Lipinski definition) is 0. The van der Waals surface area contributed by atoms with Gasteiger partial charge < -0.3 is 0 Å². The third-order valence-electron chi connectivity index (χ3n) is 4.39. The molecule has 134 valence electrons. The molecule has 0 saturated carbocycles. The lowest BCUT2D eigenvalue weighted by Gasteiger charge is -2.09. The van der Waals surface area contributed by atoms with Crippen LogP contribution in [0.5, 0.6) is 0 Å². The van der Waals surface area contributed by atoms with Gasteiger partial charge in [-0.1, -0.05) is 47.5 Å². The number of benzene rings is 2. The fraction of sp³-hybridized carbons (Fsp3) is 0.238. The van der Waals surface area contributed by atoms with Crippen molar-refractivity contribution in [2.45, 2.75) is 33.2 Å². The molecule has 3 aromatic rings. The minimum absolute atomic E-state index is 0.268. The van der Waals surface area contributed by atoms with Gasteiger partial charge >= 0.3 is 0 Å². The minimum Gasteiger partial charge on any atom is -0.274 e. The van der Waals surface area contributed by atoms with Crippen LogP contribution < -0.4 is 0 Å². The second kappa shape index (κ2) is 8.07. The maximum absolute atomic E-state index is 11.6. The maximum Gasteiger partial charge on any atom is 0.272 e. The van der Waals surface area contributed by atoms with Crippen LogP contribution in [0, 0.1) is 13.8 Å². The van der Waals surface area contributed by atoms with E-state index in [9.17, 15) is 4.79 Å². The Labute approximate surface area is 163 Å². The van der Waals surface area contributed by atoms with Crippen molar-refractivity contribution >= 4 is 28.4 Å². The lowest BCUT2D eigenvalue weighted by molar-refractivity contribution is 0.107. The molecule has 3 nitrogen and oxygen atoms in total. The molecule has 1 heterocycles. The summed E-state index contributed by atoms with van der Waals surface area (Å²) in [6, 6.07) is 16.1. The van der Waals surface area contributed by atoms with Gasteiger partial charge in [-0.2, -0.15) is 5.10 Å². The fourth-order valence-corrected chi connectivity index (χ4v) is 3.12. The number of aryl methyl sites for hydroxylation is 4. The molecule has 0 aliphatic carbocycles. The summed E-state index contributed by atoms with van der Waals surface area (Å²) < 4.78 is 1.85. The number of nitrogens with zero attached hydrogens (tertiary/aromatic N) is 2. The smallest absolute Gasteiger partial charge is 0.272 e. The van der Waals surface area contributed by atoms with Crippen molar-refractivity contribution < 1.29 is 4.79 Å². The Morgan fingerprint density at radius 1 is 1.08 bits per heavy atom. The molecule has 0 bridgehead atoms. The van der Waals surface area contributed by atoms with E-state index in [1.165, 1.54) is 11.1 Å². The van der Waals surface area contributed by atoms with Crippen molar-refractivity contribution in [3.05, 3.63) is 75.9 Å². The third kappa shape index (κ3) is 4.35. The Hall–Kier alpha value is -2.10. The second-order valence-electron chi connectivity index (χ2n) is 6.46. The summed E-state index contributed by atoms with van der Waals surface area (Å²) in [5.74, 6) is 0. The van der Waals surface area contributed by atoms with E-state index in [1.807, 2.05) is 29.8 Å². The van der Waals surface area contributed by atoms with Crippen molar-refractivity contribution in [1.82, 2.24) is 9.78 Å². The predicted molar refractivity (Wildman–Crippen MR) is 107 cm³/mol. The van der Waals surface area contributed by atoms with Gasteiger partial charge in [-0.3, -0.25) is 9.48 Å². The normalized spacial score (nSPS) is 10.9. The molecule has 0 radical (unpaired) electrons. The molecule has 0 aliphatic heterocycles. The molecule has 0 fully saturated rings. The number of carbonyl (C=O) groups excluding carboxylic acids is 1. The molecule has 3 rings (SSSR count). The lowest BCUT2D eigenvalue weighted by atomic mass is 10.1. The van der Waals surface area contributed by atoms with E-state index in [2.05, 4.69) is 36.3 Å². The van der Waals surface area contributed by atoms with Gasteiger partial charge in [0.15, 0.2) is 0 Å². The summed E-state index contributed by atoms with van der Waals surface area (Å²) >= 11 is 11.8. The zero-order valence-corrected chi connectivity index (χ0v) is 16.3. The van der Waals surface area contributed by atoms with Gasteiger partial charge in [0.2, 0.25) is 0 Å². The first-order chi connectivity index (χ1) is 12.4. The molecule has 0 N–H and O–H groups in total. The van der Waals surface area contributed by atoms with Crippen LogP contribution in [0.1, 0.15) is 33.6 Å². The van der Waals surface area contributed by atoms with Crippen LogP contribution in [0.25, 0.3) is 11.3 Å². The molecule has 0 spiro atoms. The van der Waals surface area contributed by atoms with E-state index in [0.717, 1.165) is 29.7 Å². The van der Waals surface area contributed by atoms with Gasteiger partial charge in [-0.05, 0) is 67.6 Å².